The van der Waals surface area contributed by atoms with Crippen molar-refractivity contribution in [3.63, 3.8) is 0 Å². The molecule has 2 aromatic rings. The molecule has 0 bridgehead atoms. The summed E-state index contributed by atoms with van der Waals surface area (Å²) >= 11 is 0. The average Bonchev–Trinajstić information content (AvgIpc) is 2.50. The molecule has 1 aromatic heterocycles. The third-order valence-corrected chi connectivity index (χ3v) is 2.67. The van der Waals surface area contributed by atoms with Crippen molar-refractivity contribution in [1.29, 1.82) is 0 Å². The van der Waals surface area contributed by atoms with Crippen LogP contribution >= 0.6 is 0 Å². The molecule has 76 valence electrons. The maximum absolute atomic E-state index is 5.67. The summed E-state index contributed by atoms with van der Waals surface area (Å²) in [5.41, 5.74) is 1.23. The number of nitrogens with zero attached hydrogens (tertiary/aromatic N) is 1. The molecule has 0 amide bonds. The van der Waals surface area contributed by atoms with Gasteiger partial charge < -0.3 is 10.1 Å². The van der Waals surface area contributed by atoms with Crippen molar-refractivity contribution < 1.29 is 4.74 Å². The van der Waals surface area contributed by atoms with Crippen LogP contribution in [0.1, 0.15) is 5.56 Å². The van der Waals surface area contributed by atoms with Gasteiger partial charge >= 0.3 is 0 Å². The van der Waals surface area contributed by atoms with E-state index < -0.39 is 0 Å². The molecule has 1 aliphatic rings. The minimum atomic E-state index is 0.735. The number of hydrogen-bond acceptors (Lipinski definition) is 3. The van der Waals surface area contributed by atoms with Gasteiger partial charge in [-0.3, -0.25) is 4.98 Å². The fourth-order valence-corrected chi connectivity index (χ4v) is 1.89. The number of nitrogens with one attached hydrogen (secondary N) is 1. The van der Waals surface area contributed by atoms with Gasteiger partial charge in [0.1, 0.15) is 12.4 Å². The van der Waals surface area contributed by atoms with Crippen LogP contribution in [0, 0.1) is 0 Å². The Bertz CT molecular complexity index is 451. The molecule has 2 heterocycles. The van der Waals surface area contributed by atoms with Crippen LogP contribution in [-0.2, 0) is 6.54 Å². The quantitative estimate of drug-likeness (QED) is 0.703. The lowest BCUT2D eigenvalue weighted by Gasteiger charge is -2.07. The maximum atomic E-state index is 5.67. The molecule has 0 atom stereocenters. The predicted molar refractivity (Wildman–Crippen MR) is 58.9 cm³/mol. The highest BCUT2D eigenvalue weighted by Gasteiger charge is 2.09. The summed E-state index contributed by atoms with van der Waals surface area (Å²) in [6, 6.07) is 6.27. The van der Waals surface area contributed by atoms with Crippen molar-refractivity contribution in [3.8, 4) is 5.75 Å². The second-order valence-electron chi connectivity index (χ2n) is 3.71. The number of aromatic nitrogens is 1. The number of benzene rings is 1. The van der Waals surface area contributed by atoms with Crippen LogP contribution < -0.4 is 10.1 Å². The summed E-state index contributed by atoms with van der Waals surface area (Å²) in [6.45, 7) is 2.52. The minimum Gasteiger partial charge on any atom is -0.492 e. The molecule has 1 aromatic carbocycles. The normalized spacial score (nSPS) is 15.5. The molecule has 0 radical (unpaired) electrons. The van der Waals surface area contributed by atoms with Crippen LogP contribution in [-0.4, -0.2) is 18.1 Å². The van der Waals surface area contributed by atoms with Gasteiger partial charge in [0.05, 0.1) is 0 Å². The summed E-state index contributed by atoms with van der Waals surface area (Å²) in [5.74, 6) is 0.987. The minimum absolute atomic E-state index is 0.735. The van der Waals surface area contributed by atoms with Gasteiger partial charge in [-0.25, -0.2) is 0 Å². The van der Waals surface area contributed by atoms with E-state index in [-0.39, 0.29) is 0 Å². The molecule has 1 N–H and O–H groups in total. The van der Waals surface area contributed by atoms with E-state index in [9.17, 15) is 0 Å². The third-order valence-electron chi connectivity index (χ3n) is 2.67. The van der Waals surface area contributed by atoms with Crippen molar-refractivity contribution in [2.75, 3.05) is 13.2 Å². The Hall–Kier alpha value is -1.61. The first kappa shape index (κ1) is 8.68. The monoisotopic (exact) mass is 200 g/mol. The topological polar surface area (TPSA) is 34.1 Å². The van der Waals surface area contributed by atoms with Gasteiger partial charge in [0.25, 0.3) is 0 Å². The molecule has 0 spiro atoms. The van der Waals surface area contributed by atoms with Gasteiger partial charge in [0, 0.05) is 36.4 Å². The smallest absolute Gasteiger partial charge is 0.124 e. The molecule has 0 aliphatic carbocycles. The van der Waals surface area contributed by atoms with Gasteiger partial charge in [0.15, 0.2) is 0 Å². The van der Waals surface area contributed by atoms with Gasteiger partial charge in [0.2, 0.25) is 0 Å². The fraction of sp³-hybridized carbons (Fsp3) is 0.250. The Balaban J connectivity index is 2.20. The largest absolute Gasteiger partial charge is 0.492 e. The van der Waals surface area contributed by atoms with E-state index in [4.69, 9.17) is 4.74 Å². The Kier molecular flexibility index (Phi) is 2.03. The molecule has 0 fully saturated rings. The average molecular weight is 200 g/mol. The zero-order chi connectivity index (χ0) is 10.1. The van der Waals surface area contributed by atoms with E-state index in [2.05, 4.69) is 22.4 Å². The first-order chi connectivity index (χ1) is 7.43. The van der Waals surface area contributed by atoms with Crippen molar-refractivity contribution in [3.05, 3.63) is 36.2 Å². The lowest BCUT2D eigenvalue weighted by Crippen LogP contribution is -2.16. The van der Waals surface area contributed by atoms with E-state index in [1.54, 1.807) is 0 Å². The van der Waals surface area contributed by atoms with E-state index in [1.165, 1.54) is 10.9 Å². The second-order valence-corrected chi connectivity index (χ2v) is 3.71. The van der Waals surface area contributed by atoms with E-state index in [1.807, 2.05) is 18.5 Å². The van der Waals surface area contributed by atoms with Crippen molar-refractivity contribution in [2.24, 2.45) is 0 Å². The molecule has 3 nitrogen and oxygen atoms in total. The lowest BCUT2D eigenvalue weighted by molar-refractivity contribution is 0.326. The Labute approximate surface area is 88.1 Å². The molecular weight excluding hydrogens is 188 g/mol. The number of hydrogen-bond donors (Lipinski definition) is 1. The highest BCUT2D eigenvalue weighted by atomic mass is 16.5. The first-order valence-electron chi connectivity index (χ1n) is 5.14. The molecule has 3 rings (SSSR count). The molecule has 0 saturated carbocycles. The zero-order valence-electron chi connectivity index (χ0n) is 8.36. The zero-order valence-corrected chi connectivity index (χ0v) is 8.36. The molecule has 3 heteroatoms. The van der Waals surface area contributed by atoms with Gasteiger partial charge in [-0.05, 0) is 23.6 Å². The second kappa shape index (κ2) is 3.51. The molecule has 0 saturated heterocycles. The summed E-state index contributed by atoms with van der Waals surface area (Å²) in [6.07, 6.45) is 3.69. The Morgan fingerprint density at radius 1 is 1.27 bits per heavy atom. The SMILES string of the molecule is c1cc2cc3c(cc2cn1)OCCNC3. The number of pyridine rings is 1. The highest BCUT2D eigenvalue weighted by Crippen LogP contribution is 2.26. The van der Waals surface area contributed by atoms with Gasteiger partial charge in [-0.1, -0.05) is 0 Å². The molecule has 1 aliphatic heterocycles. The lowest BCUT2D eigenvalue weighted by atomic mass is 10.1. The molecular formula is C12H12N2O. The Morgan fingerprint density at radius 3 is 3.27 bits per heavy atom. The van der Waals surface area contributed by atoms with Crippen molar-refractivity contribution in [2.45, 2.75) is 6.54 Å². The predicted octanol–water partition coefficient (Wildman–Crippen LogP) is 1.72. The van der Waals surface area contributed by atoms with Gasteiger partial charge in [-0.15, -0.1) is 0 Å². The summed E-state index contributed by atoms with van der Waals surface area (Å²) in [4.78, 5) is 4.11. The van der Waals surface area contributed by atoms with Crippen LogP contribution in [0.3, 0.4) is 0 Å². The number of ether oxygens (including phenoxy) is 1. The fourth-order valence-electron chi connectivity index (χ4n) is 1.89. The highest BCUT2D eigenvalue weighted by molar-refractivity contribution is 5.84. The van der Waals surface area contributed by atoms with Crippen LogP contribution in [0.5, 0.6) is 5.75 Å². The van der Waals surface area contributed by atoms with Gasteiger partial charge in [-0.2, -0.15) is 0 Å². The Morgan fingerprint density at radius 2 is 2.27 bits per heavy atom. The molecule has 0 unspecified atom stereocenters. The van der Waals surface area contributed by atoms with Crippen LogP contribution in [0.2, 0.25) is 0 Å². The number of rotatable bonds is 0. The van der Waals surface area contributed by atoms with Crippen molar-refractivity contribution >= 4 is 10.8 Å². The standard InChI is InChI=1S/C12H12N2O/c1-2-13-7-10-6-12-11(5-9(1)10)8-14-3-4-15-12/h1-2,5-7,14H,3-4,8H2. The molecule has 15 heavy (non-hydrogen) atoms. The number of fused-ring (bicyclic) bond motifs is 2. The maximum Gasteiger partial charge on any atom is 0.124 e. The summed E-state index contributed by atoms with van der Waals surface area (Å²) in [5, 5.41) is 5.68. The van der Waals surface area contributed by atoms with E-state index >= 15 is 0 Å². The first-order valence-corrected chi connectivity index (χ1v) is 5.14. The summed E-state index contributed by atoms with van der Waals surface area (Å²) < 4.78 is 5.67. The third kappa shape index (κ3) is 1.55. The van der Waals surface area contributed by atoms with Crippen LogP contribution in [0.25, 0.3) is 10.8 Å². The van der Waals surface area contributed by atoms with Crippen molar-refractivity contribution in [1.82, 2.24) is 10.3 Å². The van der Waals surface area contributed by atoms with E-state index in [0.29, 0.717) is 0 Å². The van der Waals surface area contributed by atoms with Crippen LogP contribution in [0.15, 0.2) is 30.6 Å². The van der Waals surface area contributed by atoms with Crippen LogP contribution in [0.4, 0.5) is 0 Å². The van der Waals surface area contributed by atoms with E-state index in [0.717, 1.165) is 30.8 Å². The summed E-state index contributed by atoms with van der Waals surface area (Å²) in [7, 11) is 0.